The second-order valence-electron chi connectivity index (χ2n) is 6.94. The highest BCUT2D eigenvalue weighted by atomic mass is 16.5. The quantitative estimate of drug-likeness (QED) is 0.731. The third-order valence-electron chi connectivity index (χ3n) is 4.95. The molecule has 0 aliphatic heterocycles. The number of anilines is 1. The zero-order valence-corrected chi connectivity index (χ0v) is 15.5. The van der Waals surface area contributed by atoms with Crippen molar-refractivity contribution in [3.05, 3.63) is 46.3 Å². The van der Waals surface area contributed by atoms with Crippen molar-refractivity contribution >= 4 is 11.6 Å². The van der Waals surface area contributed by atoms with Crippen LogP contribution in [0.2, 0.25) is 0 Å². The predicted molar refractivity (Wildman–Crippen MR) is 99.6 cm³/mol. The van der Waals surface area contributed by atoms with E-state index in [2.05, 4.69) is 25.5 Å². The molecule has 0 spiro atoms. The summed E-state index contributed by atoms with van der Waals surface area (Å²) in [5, 5.41) is 12.2. The first-order chi connectivity index (χ1) is 13.1. The first-order valence-corrected chi connectivity index (χ1v) is 9.15. The Hall–Kier alpha value is -2.81. The summed E-state index contributed by atoms with van der Waals surface area (Å²) in [6, 6.07) is 5.76. The van der Waals surface area contributed by atoms with E-state index in [-0.39, 0.29) is 11.6 Å². The highest BCUT2D eigenvalue weighted by Crippen LogP contribution is 2.29. The van der Waals surface area contributed by atoms with E-state index in [9.17, 15) is 4.79 Å². The van der Waals surface area contributed by atoms with Crippen molar-refractivity contribution < 1.29 is 4.74 Å². The first kappa shape index (κ1) is 17.6. The number of aromatic nitrogens is 6. The lowest BCUT2D eigenvalue weighted by atomic mass is 9.91. The van der Waals surface area contributed by atoms with Gasteiger partial charge in [0.1, 0.15) is 12.1 Å². The van der Waals surface area contributed by atoms with E-state index in [4.69, 9.17) is 4.74 Å². The van der Waals surface area contributed by atoms with Crippen LogP contribution in [-0.2, 0) is 11.3 Å². The third kappa shape index (κ3) is 3.68. The van der Waals surface area contributed by atoms with Crippen LogP contribution in [-0.4, -0.2) is 42.5 Å². The molecule has 4 rings (SSSR count). The van der Waals surface area contributed by atoms with Gasteiger partial charge in [0.2, 0.25) is 0 Å². The number of methoxy groups -OCH3 is 1. The largest absolute Gasteiger partial charge is 0.378 e. The van der Waals surface area contributed by atoms with Gasteiger partial charge in [-0.15, -0.1) is 0 Å². The molecule has 3 heterocycles. The van der Waals surface area contributed by atoms with Crippen LogP contribution in [0.4, 0.5) is 5.82 Å². The minimum Gasteiger partial charge on any atom is -0.378 e. The molecular weight excluding hydrogens is 346 g/mol. The van der Waals surface area contributed by atoms with E-state index in [1.807, 2.05) is 13.0 Å². The summed E-state index contributed by atoms with van der Waals surface area (Å²) in [5.41, 5.74) is 1.65. The van der Waals surface area contributed by atoms with Crippen molar-refractivity contribution in [2.24, 2.45) is 0 Å². The molecule has 142 valence electrons. The van der Waals surface area contributed by atoms with Crippen molar-refractivity contribution in [3.8, 4) is 0 Å². The number of hydrogen-bond acceptors (Lipinski definition) is 7. The molecule has 0 atom stereocenters. The second kappa shape index (κ2) is 7.43. The Bertz CT molecular complexity index is 989. The number of ether oxygens (including phenoxy) is 1. The van der Waals surface area contributed by atoms with Crippen LogP contribution in [0.1, 0.15) is 43.1 Å². The SMILES string of the molecule is COCc1cc(NC2CCC(n3nc(C)ccc3=O)CC2)n2ncnc2n1. The molecule has 9 heteroatoms. The standard InChI is InChI=1S/C18H23N7O2/c1-12-3-8-17(26)24(23-12)15-6-4-13(5-7-15)21-16-9-14(10-27-2)22-18-19-11-20-25(16)18/h3,8-9,11,13,15,21H,4-7,10H2,1-2H3. The van der Waals surface area contributed by atoms with Crippen LogP contribution in [0.15, 0.2) is 29.3 Å². The third-order valence-corrected chi connectivity index (χ3v) is 4.95. The molecule has 9 nitrogen and oxygen atoms in total. The van der Waals surface area contributed by atoms with Gasteiger partial charge in [0.15, 0.2) is 0 Å². The molecule has 1 fully saturated rings. The van der Waals surface area contributed by atoms with Gasteiger partial charge < -0.3 is 10.1 Å². The molecular formula is C18H23N7O2. The summed E-state index contributed by atoms with van der Waals surface area (Å²) in [7, 11) is 1.64. The first-order valence-electron chi connectivity index (χ1n) is 9.15. The zero-order chi connectivity index (χ0) is 18.8. The van der Waals surface area contributed by atoms with Crippen LogP contribution in [0, 0.1) is 6.92 Å². The van der Waals surface area contributed by atoms with Crippen LogP contribution in [0.5, 0.6) is 0 Å². The van der Waals surface area contributed by atoms with Crippen molar-refractivity contribution in [3.63, 3.8) is 0 Å². The number of nitrogens with zero attached hydrogens (tertiary/aromatic N) is 6. The minimum absolute atomic E-state index is 0.0281. The summed E-state index contributed by atoms with van der Waals surface area (Å²) >= 11 is 0. The van der Waals surface area contributed by atoms with Gasteiger partial charge in [-0.25, -0.2) is 9.67 Å². The number of aryl methyl sites for hydroxylation is 1. The van der Waals surface area contributed by atoms with E-state index in [1.54, 1.807) is 28.4 Å². The Morgan fingerprint density at radius 3 is 2.85 bits per heavy atom. The fraction of sp³-hybridized carbons (Fsp3) is 0.500. The normalized spacial score (nSPS) is 20.1. The molecule has 1 aliphatic carbocycles. The number of nitrogens with one attached hydrogen (secondary N) is 1. The topological polar surface area (TPSA) is 99.2 Å². The van der Waals surface area contributed by atoms with Gasteiger partial charge in [-0.1, -0.05) is 0 Å². The van der Waals surface area contributed by atoms with Crippen molar-refractivity contribution in [2.75, 3.05) is 12.4 Å². The molecule has 0 bridgehead atoms. The lowest BCUT2D eigenvalue weighted by Crippen LogP contribution is -2.33. The zero-order valence-electron chi connectivity index (χ0n) is 15.5. The average Bonchev–Trinajstić information content (AvgIpc) is 3.14. The molecule has 0 unspecified atom stereocenters. The fourth-order valence-corrected chi connectivity index (χ4v) is 3.64. The van der Waals surface area contributed by atoms with Gasteiger partial charge in [0.25, 0.3) is 11.3 Å². The maximum Gasteiger partial charge on any atom is 0.267 e. The molecule has 1 saturated carbocycles. The highest BCUT2D eigenvalue weighted by molar-refractivity contribution is 5.45. The summed E-state index contributed by atoms with van der Waals surface area (Å²) in [5.74, 6) is 1.41. The minimum atomic E-state index is -0.0281. The van der Waals surface area contributed by atoms with Crippen LogP contribution >= 0.6 is 0 Å². The van der Waals surface area contributed by atoms with Crippen LogP contribution in [0.3, 0.4) is 0 Å². The smallest absolute Gasteiger partial charge is 0.267 e. The van der Waals surface area contributed by atoms with Gasteiger partial charge >= 0.3 is 0 Å². The van der Waals surface area contributed by atoms with Gasteiger partial charge in [-0.2, -0.15) is 19.7 Å². The summed E-state index contributed by atoms with van der Waals surface area (Å²) in [6.45, 7) is 2.33. The summed E-state index contributed by atoms with van der Waals surface area (Å²) in [6.07, 6.45) is 5.21. The van der Waals surface area contributed by atoms with Crippen LogP contribution in [0.25, 0.3) is 5.78 Å². The Morgan fingerprint density at radius 1 is 1.26 bits per heavy atom. The van der Waals surface area contributed by atoms with Gasteiger partial charge in [-0.05, 0) is 38.7 Å². The second-order valence-corrected chi connectivity index (χ2v) is 6.94. The molecule has 0 radical (unpaired) electrons. The Kier molecular flexibility index (Phi) is 4.85. The molecule has 1 N–H and O–H groups in total. The monoisotopic (exact) mass is 369 g/mol. The van der Waals surface area contributed by atoms with E-state index in [1.165, 1.54) is 6.33 Å². The molecule has 0 aromatic carbocycles. The Labute approximate surface area is 156 Å². The average molecular weight is 369 g/mol. The number of fused-ring (bicyclic) bond motifs is 1. The molecule has 1 aliphatic rings. The van der Waals surface area contributed by atoms with E-state index in [0.717, 1.165) is 42.9 Å². The molecule has 27 heavy (non-hydrogen) atoms. The Balaban J connectivity index is 1.48. The summed E-state index contributed by atoms with van der Waals surface area (Å²) in [4.78, 5) is 20.7. The van der Waals surface area contributed by atoms with Crippen molar-refractivity contribution in [1.29, 1.82) is 0 Å². The molecule has 0 amide bonds. The lowest BCUT2D eigenvalue weighted by molar-refractivity contribution is 0.181. The maximum atomic E-state index is 12.1. The lowest BCUT2D eigenvalue weighted by Gasteiger charge is -2.30. The number of hydrogen-bond donors (Lipinski definition) is 1. The number of rotatable bonds is 5. The van der Waals surface area contributed by atoms with Crippen molar-refractivity contribution in [1.82, 2.24) is 29.4 Å². The van der Waals surface area contributed by atoms with E-state index >= 15 is 0 Å². The summed E-state index contributed by atoms with van der Waals surface area (Å²) < 4.78 is 8.54. The predicted octanol–water partition coefficient (Wildman–Crippen LogP) is 1.73. The van der Waals surface area contributed by atoms with Gasteiger partial charge in [0, 0.05) is 25.3 Å². The molecule has 0 saturated heterocycles. The van der Waals surface area contributed by atoms with Gasteiger partial charge in [0.05, 0.1) is 24.0 Å². The van der Waals surface area contributed by atoms with Crippen molar-refractivity contribution in [2.45, 2.75) is 51.3 Å². The van der Waals surface area contributed by atoms with E-state index in [0.29, 0.717) is 18.4 Å². The Morgan fingerprint density at radius 2 is 2.07 bits per heavy atom. The maximum absolute atomic E-state index is 12.1. The molecule has 3 aromatic rings. The molecule has 3 aromatic heterocycles. The highest BCUT2D eigenvalue weighted by Gasteiger charge is 2.24. The fourth-order valence-electron chi connectivity index (χ4n) is 3.64. The van der Waals surface area contributed by atoms with Crippen LogP contribution < -0.4 is 10.9 Å². The van der Waals surface area contributed by atoms with E-state index < -0.39 is 0 Å². The van der Waals surface area contributed by atoms with Gasteiger partial charge in [-0.3, -0.25) is 4.79 Å².